The second-order valence-corrected chi connectivity index (χ2v) is 8.73. The normalized spacial score (nSPS) is 15.0. The molecule has 0 atom stereocenters. The van der Waals surface area contributed by atoms with E-state index in [-0.39, 0.29) is 17.1 Å². The molecule has 0 bridgehead atoms. The number of ketones is 2. The minimum Gasteiger partial charge on any atom is -0.309 e. The summed E-state index contributed by atoms with van der Waals surface area (Å²) < 4.78 is 0. The lowest BCUT2D eigenvalue weighted by atomic mass is 9.88. The van der Waals surface area contributed by atoms with Crippen molar-refractivity contribution in [2.75, 3.05) is 4.90 Å². The van der Waals surface area contributed by atoms with Gasteiger partial charge in [0.15, 0.2) is 11.6 Å². The smallest absolute Gasteiger partial charge is 0.199 e. The summed E-state index contributed by atoms with van der Waals surface area (Å²) in [4.78, 5) is 32.3. The van der Waals surface area contributed by atoms with E-state index in [0.717, 1.165) is 44.5 Å². The van der Waals surface area contributed by atoms with E-state index in [9.17, 15) is 9.59 Å². The Bertz CT molecular complexity index is 1700. The van der Waals surface area contributed by atoms with Gasteiger partial charge in [-0.05, 0) is 52.9 Å². The minimum absolute atomic E-state index is 0.185. The maximum atomic E-state index is 13.0. The van der Waals surface area contributed by atoms with Gasteiger partial charge in [-0.2, -0.15) is 0 Å². The summed E-state index contributed by atoms with van der Waals surface area (Å²) in [7, 11) is 0. The standard InChI is InChI=1S/C31H18N2O2/c34-30-24-15-16-32-18-26(24)31(35)25(30)17-19-13-14-28-29-21(19)10-6-11-23(29)22-9-4-5-12-27(22)33(28)20-7-2-1-3-8-20/h1-18H/b25-17+. The lowest BCUT2D eigenvalue weighted by Gasteiger charge is -2.33. The van der Waals surface area contributed by atoms with Crippen LogP contribution in [-0.4, -0.2) is 16.6 Å². The van der Waals surface area contributed by atoms with Crippen molar-refractivity contribution in [1.29, 1.82) is 0 Å². The maximum Gasteiger partial charge on any atom is 0.199 e. The van der Waals surface area contributed by atoms with Gasteiger partial charge >= 0.3 is 0 Å². The number of allylic oxidation sites excluding steroid dienone is 1. The van der Waals surface area contributed by atoms with Gasteiger partial charge < -0.3 is 4.90 Å². The topological polar surface area (TPSA) is 50.3 Å². The lowest BCUT2D eigenvalue weighted by Crippen LogP contribution is -2.15. The van der Waals surface area contributed by atoms with Crippen LogP contribution in [0.5, 0.6) is 0 Å². The third-order valence-corrected chi connectivity index (χ3v) is 6.84. The van der Waals surface area contributed by atoms with Crippen molar-refractivity contribution in [2.45, 2.75) is 0 Å². The first-order chi connectivity index (χ1) is 17.2. The van der Waals surface area contributed by atoms with Crippen LogP contribution in [0.15, 0.2) is 109 Å². The summed E-state index contributed by atoms with van der Waals surface area (Å²) in [5, 5.41) is 2.10. The Kier molecular flexibility index (Phi) is 4.11. The summed E-state index contributed by atoms with van der Waals surface area (Å²) in [5.41, 5.74) is 7.36. The van der Waals surface area contributed by atoms with E-state index in [4.69, 9.17) is 0 Å². The number of Topliss-reactive ketones (excluding diaryl/α,β-unsaturated/α-hetero) is 2. The van der Waals surface area contributed by atoms with Crippen LogP contribution < -0.4 is 4.90 Å². The molecule has 4 aromatic carbocycles. The molecule has 1 aliphatic heterocycles. The van der Waals surface area contributed by atoms with Crippen molar-refractivity contribution in [3.63, 3.8) is 0 Å². The van der Waals surface area contributed by atoms with E-state index >= 15 is 0 Å². The Morgan fingerprint density at radius 3 is 2.26 bits per heavy atom. The molecule has 1 aromatic heterocycles. The molecule has 0 saturated heterocycles. The number of pyridine rings is 1. The van der Waals surface area contributed by atoms with Crippen molar-refractivity contribution >= 4 is 45.5 Å². The number of benzene rings is 4. The Morgan fingerprint density at radius 2 is 1.40 bits per heavy atom. The first-order valence-electron chi connectivity index (χ1n) is 11.5. The van der Waals surface area contributed by atoms with E-state index in [0.29, 0.717) is 11.1 Å². The fourth-order valence-electron chi connectivity index (χ4n) is 5.28. The van der Waals surface area contributed by atoms with Crippen LogP contribution in [0.3, 0.4) is 0 Å². The fourth-order valence-corrected chi connectivity index (χ4v) is 5.28. The quantitative estimate of drug-likeness (QED) is 0.208. The van der Waals surface area contributed by atoms with Gasteiger partial charge in [0.25, 0.3) is 0 Å². The summed E-state index contributed by atoms with van der Waals surface area (Å²) in [6.45, 7) is 0. The molecular formula is C31H18N2O2. The molecule has 35 heavy (non-hydrogen) atoms. The summed E-state index contributed by atoms with van der Waals surface area (Å²) >= 11 is 0. The SMILES string of the molecule is O=C1/C(=C\c2ccc3c4c(cccc24)-c2ccccc2N3c2ccccc2)C(=O)c2cnccc21. The third kappa shape index (κ3) is 2.77. The Labute approximate surface area is 201 Å². The fraction of sp³-hybridized carbons (Fsp3) is 0. The zero-order valence-electron chi connectivity index (χ0n) is 18.6. The van der Waals surface area contributed by atoms with Gasteiger partial charge in [0.2, 0.25) is 0 Å². The van der Waals surface area contributed by atoms with Gasteiger partial charge in [-0.3, -0.25) is 14.6 Å². The Hall–Kier alpha value is -4.83. The van der Waals surface area contributed by atoms with Crippen molar-refractivity contribution in [3.05, 3.63) is 126 Å². The maximum absolute atomic E-state index is 13.0. The molecule has 2 heterocycles. The molecule has 0 saturated carbocycles. The number of aromatic nitrogens is 1. The molecule has 2 aliphatic rings. The van der Waals surface area contributed by atoms with Crippen LogP contribution in [0, 0.1) is 0 Å². The molecule has 0 amide bonds. The highest BCUT2D eigenvalue weighted by atomic mass is 16.2. The molecule has 0 N–H and O–H groups in total. The molecule has 164 valence electrons. The number of para-hydroxylation sites is 2. The van der Waals surface area contributed by atoms with E-state index in [1.165, 1.54) is 6.20 Å². The van der Waals surface area contributed by atoms with Gasteiger partial charge in [0, 0.05) is 34.6 Å². The van der Waals surface area contributed by atoms with E-state index in [1.54, 1.807) is 18.3 Å². The van der Waals surface area contributed by atoms with Crippen LogP contribution in [0.4, 0.5) is 17.1 Å². The minimum atomic E-state index is -0.269. The number of rotatable bonds is 2. The molecule has 4 heteroatoms. The Balaban J connectivity index is 1.49. The van der Waals surface area contributed by atoms with Crippen molar-refractivity contribution in [2.24, 2.45) is 0 Å². The zero-order valence-corrected chi connectivity index (χ0v) is 18.6. The summed E-state index contributed by atoms with van der Waals surface area (Å²) in [6, 6.07) is 30.6. The van der Waals surface area contributed by atoms with Crippen LogP contribution >= 0.6 is 0 Å². The number of carbonyl (C=O) groups is 2. The number of fused-ring (bicyclic) bond motifs is 3. The highest BCUT2D eigenvalue weighted by Crippen LogP contribution is 2.51. The molecule has 0 spiro atoms. The molecule has 1 aliphatic carbocycles. The number of nitrogens with zero attached hydrogens (tertiary/aromatic N) is 2. The number of hydrogen-bond donors (Lipinski definition) is 0. The number of anilines is 3. The van der Waals surface area contributed by atoms with Crippen molar-refractivity contribution in [1.82, 2.24) is 4.98 Å². The third-order valence-electron chi connectivity index (χ3n) is 6.84. The van der Waals surface area contributed by atoms with Crippen molar-refractivity contribution in [3.8, 4) is 11.1 Å². The highest BCUT2D eigenvalue weighted by molar-refractivity contribution is 6.41. The number of hydrogen-bond acceptors (Lipinski definition) is 4. The predicted octanol–water partition coefficient (Wildman–Crippen LogP) is 7.15. The molecule has 7 rings (SSSR count). The largest absolute Gasteiger partial charge is 0.309 e. The molecule has 0 fully saturated rings. The van der Waals surface area contributed by atoms with E-state index < -0.39 is 0 Å². The molecule has 5 aromatic rings. The van der Waals surface area contributed by atoms with E-state index in [2.05, 4.69) is 64.5 Å². The monoisotopic (exact) mass is 450 g/mol. The average Bonchev–Trinajstić information content (AvgIpc) is 3.15. The first kappa shape index (κ1) is 19.6. The van der Waals surface area contributed by atoms with Crippen LogP contribution in [0.2, 0.25) is 0 Å². The van der Waals surface area contributed by atoms with E-state index in [1.807, 2.05) is 30.3 Å². The first-order valence-corrected chi connectivity index (χ1v) is 11.5. The zero-order chi connectivity index (χ0) is 23.5. The van der Waals surface area contributed by atoms with Gasteiger partial charge in [0.1, 0.15) is 0 Å². The van der Waals surface area contributed by atoms with Gasteiger partial charge in [-0.25, -0.2) is 0 Å². The van der Waals surface area contributed by atoms with Crippen molar-refractivity contribution < 1.29 is 9.59 Å². The van der Waals surface area contributed by atoms with Crippen LogP contribution in [0.25, 0.3) is 28.0 Å². The molecule has 4 nitrogen and oxygen atoms in total. The second-order valence-electron chi connectivity index (χ2n) is 8.73. The molecular weight excluding hydrogens is 432 g/mol. The lowest BCUT2D eigenvalue weighted by molar-refractivity contribution is 0.0990. The second kappa shape index (κ2) is 7.34. The average molecular weight is 450 g/mol. The Morgan fingerprint density at radius 1 is 0.629 bits per heavy atom. The molecule has 0 unspecified atom stereocenters. The highest BCUT2D eigenvalue weighted by Gasteiger charge is 2.33. The van der Waals surface area contributed by atoms with Crippen LogP contribution in [0.1, 0.15) is 26.3 Å². The van der Waals surface area contributed by atoms with Gasteiger partial charge in [-0.1, -0.05) is 60.7 Å². The van der Waals surface area contributed by atoms with Crippen LogP contribution in [-0.2, 0) is 0 Å². The number of carbonyl (C=O) groups excluding carboxylic acids is 2. The molecule has 0 radical (unpaired) electrons. The van der Waals surface area contributed by atoms with Gasteiger partial charge in [-0.15, -0.1) is 0 Å². The van der Waals surface area contributed by atoms with Gasteiger partial charge in [0.05, 0.1) is 22.5 Å². The summed E-state index contributed by atoms with van der Waals surface area (Å²) in [5.74, 6) is -0.515. The summed E-state index contributed by atoms with van der Waals surface area (Å²) in [6.07, 6.45) is 4.76. The predicted molar refractivity (Wildman–Crippen MR) is 138 cm³/mol.